The zero-order valence-electron chi connectivity index (χ0n) is 10.7. The smallest absolute Gasteiger partial charge is 0.404 e. The van der Waals surface area contributed by atoms with Crippen LogP contribution in [0.25, 0.3) is 22.4 Å². The number of carbonyl (C=O) groups is 1. The van der Waals surface area contributed by atoms with Gasteiger partial charge in [-0.1, -0.05) is 18.2 Å². The van der Waals surface area contributed by atoms with Crippen LogP contribution in [0.2, 0.25) is 5.28 Å². The van der Waals surface area contributed by atoms with Gasteiger partial charge in [0.25, 0.3) is 0 Å². The van der Waals surface area contributed by atoms with E-state index < -0.39 is 6.09 Å². The second-order valence-electron chi connectivity index (χ2n) is 4.34. The minimum Gasteiger partial charge on any atom is -0.465 e. The highest BCUT2D eigenvalue weighted by molar-refractivity contribution is 6.28. The largest absolute Gasteiger partial charge is 0.465 e. The number of rotatable bonds is 3. The third-order valence-electron chi connectivity index (χ3n) is 2.92. The highest BCUT2D eigenvalue weighted by Gasteiger charge is 2.12. The molecule has 106 valence electrons. The number of fused-ring (bicyclic) bond motifs is 1. The fourth-order valence-electron chi connectivity index (χ4n) is 2.04. The summed E-state index contributed by atoms with van der Waals surface area (Å²) in [5.41, 5.74) is 3.34. The number of nitrogens with one attached hydrogen (secondary N) is 1. The second-order valence-corrected chi connectivity index (χ2v) is 4.67. The van der Waals surface area contributed by atoms with Gasteiger partial charge in [-0.2, -0.15) is 0 Å². The predicted molar refractivity (Wildman–Crippen MR) is 77.1 cm³/mol. The number of nitrogens with zero attached hydrogens (tertiary/aromatic N) is 2. The quantitative estimate of drug-likeness (QED) is 0.725. The van der Waals surface area contributed by atoms with E-state index in [1.807, 2.05) is 24.3 Å². The molecule has 0 spiro atoms. The first kappa shape index (κ1) is 13.4. The zero-order valence-corrected chi connectivity index (χ0v) is 11.5. The molecule has 0 saturated carbocycles. The van der Waals surface area contributed by atoms with Crippen LogP contribution in [-0.4, -0.2) is 21.2 Å². The van der Waals surface area contributed by atoms with Crippen molar-refractivity contribution in [2.75, 3.05) is 0 Å². The highest BCUT2D eigenvalue weighted by atomic mass is 35.5. The van der Waals surface area contributed by atoms with Crippen molar-refractivity contribution in [2.45, 2.75) is 6.54 Å². The lowest BCUT2D eigenvalue weighted by Gasteiger charge is -2.06. The van der Waals surface area contributed by atoms with E-state index in [1.165, 1.54) is 6.26 Å². The summed E-state index contributed by atoms with van der Waals surface area (Å²) in [6.45, 7) is 0.212. The summed E-state index contributed by atoms with van der Waals surface area (Å²) in [7, 11) is 0. The van der Waals surface area contributed by atoms with Crippen molar-refractivity contribution in [3.8, 4) is 11.3 Å². The molecule has 3 rings (SSSR count). The molecule has 7 heteroatoms. The molecule has 2 heterocycles. The molecular formula is C14H10ClN3O3. The van der Waals surface area contributed by atoms with E-state index in [0.29, 0.717) is 16.8 Å². The SMILES string of the molecule is O=C(O)NCc1cccc(-c2nc(Cl)nc3ccoc23)c1. The molecule has 0 atom stereocenters. The number of furan rings is 1. The van der Waals surface area contributed by atoms with Gasteiger partial charge in [0.1, 0.15) is 11.2 Å². The summed E-state index contributed by atoms with van der Waals surface area (Å²) < 4.78 is 5.40. The van der Waals surface area contributed by atoms with Crippen LogP contribution < -0.4 is 5.32 Å². The van der Waals surface area contributed by atoms with E-state index in [-0.39, 0.29) is 11.8 Å². The molecule has 3 aromatic rings. The number of amides is 1. The maximum Gasteiger partial charge on any atom is 0.404 e. The van der Waals surface area contributed by atoms with Crippen LogP contribution in [0.3, 0.4) is 0 Å². The van der Waals surface area contributed by atoms with Gasteiger partial charge in [-0.3, -0.25) is 0 Å². The molecule has 6 nitrogen and oxygen atoms in total. The molecule has 0 bridgehead atoms. The minimum atomic E-state index is -1.07. The summed E-state index contributed by atoms with van der Waals surface area (Å²) in [5, 5.41) is 11.1. The van der Waals surface area contributed by atoms with Crippen molar-refractivity contribution in [1.82, 2.24) is 15.3 Å². The molecule has 0 aliphatic heterocycles. The Bertz CT molecular complexity index is 816. The van der Waals surface area contributed by atoms with Crippen LogP contribution in [-0.2, 0) is 6.54 Å². The lowest BCUT2D eigenvalue weighted by atomic mass is 10.1. The summed E-state index contributed by atoms with van der Waals surface area (Å²) in [4.78, 5) is 18.8. The van der Waals surface area contributed by atoms with Crippen LogP contribution in [0.15, 0.2) is 41.0 Å². The van der Waals surface area contributed by atoms with Crippen LogP contribution in [0, 0.1) is 0 Å². The lowest BCUT2D eigenvalue weighted by molar-refractivity contribution is 0.194. The Kier molecular flexibility index (Phi) is 3.45. The van der Waals surface area contributed by atoms with Crippen molar-refractivity contribution in [2.24, 2.45) is 0 Å². The van der Waals surface area contributed by atoms with E-state index >= 15 is 0 Å². The number of halogens is 1. The molecule has 1 aromatic carbocycles. The van der Waals surface area contributed by atoms with Gasteiger partial charge in [0, 0.05) is 18.2 Å². The monoisotopic (exact) mass is 303 g/mol. The Labute approximate surface area is 124 Å². The van der Waals surface area contributed by atoms with Gasteiger partial charge in [-0.15, -0.1) is 0 Å². The normalized spacial score (nSPS) is 10.7. The first-order valence-electron chi connectivity index (χ1n) is 6.10. The molecular weight excluding hydrogens is 294 g/mol. The number of benzene rings is 1. The summed E-state index contributed by atoms with van der Waals surface area (Å²) in [6.07, 6.45) is 0.452. The van der Waals surface area contributed by atoms with Crippen LogP contribution in [0.1, 0.15) is 5.56 Å². The lowest BCUT2D eigenvalue weighted by Crippen LogP contribution is -2.19. The number of hydrogen-bond donors (Lipinski definition) is 2. The Balaban J connectivity index is 2.04. The summed E-state index contributed by atoms with van der Waals surface area (Å²) >= 11 is 5.92. The van der Waals surface area contributed by atoms with E-state index in [9.17, 15) is 4.79 Å². The van der Waals surface area contributed by atoms with Crippen molar-refractivity contribution in [1.29, 1.82) is 0 Å². The molecule has 2 aromatic heterocycles. The van der Waals surface area contributed by atoms with Gasteiger partial charge in [-0.05, 0) is 23.2 Å². The molecule has 0 fully saturated rings. The van der Waals surface area contributed by atoms with Crippen LogP contribution in [0.4, 0.5) is 4.79 Å². The fraction of sp³-hybridized carbons (Fsp3) is 0.0714. The summed E-state index contributed by atoms with van der Waals surface area (Å²) in [6, 6.07) is 9.03. The molecule has 0 radical (unpaired) electrons. The second kappa shape index (κ2) is 5.41. The molecule has 0 saturated heterocycles. The van der Waals surface area contributed by atoms with Gasteiger partial charge < -0.3 is 14.8 Å². The summed E-state index contributed by atoms with van der Waals surface area (Å²) in [5.74, 6) is 0. The maximum atomic E-state index is 10.5. The first-order valence-corrected chi connectivity index (χ1v) is 6.48. The van der Waals surface area contributed by atoms with Gasteiger partial charge in [0.15, 0.2) is 5.58 Å². The van der Waals surface area contributed by atoms with Crippen molar-refractivity contribution in [3.05, 3.63) is 47.4 Å². The molecule has 0 aliphatic rings. The highest BCUT2D eigenvalue weighted by Crippen LogP contribution is 2.28. The molecule has 0 aliphatic carbocycles. The topological polar surface area (TPSA) is 88.2 Å². The van der Waals surface area contributed by atoms with Crippen molar-refractivity contribution in [3.63, 3.8) is 0 Å². The average molecular weight is 304 g/mol. The van der Waals surface area contributed by atoms with Gasteiger partial charge in [0.05, 0.1) is 6.26 Å². The fourth-order valence-corrected chi connectivity index (χ4v) is 2.21. The van der Waals surface area contributed by atoms with Gasteiger partial charge in [0.2, 0.25) is 5.28 Å². The Morgan fingerprint density at radius 3 is 3.00 bits per heavy atom. The molecule has 1 amide bonds. The van der Waals surface area contributed by atoms with E-state index in [0.717, 1.165) is 11.1 Å². The maximum absolute atomic E-state index is 10.5. The van der Waals surface area contributed by atoms with Gasteiger partial charge in [-0.25, -0.2) is 14.8 Å². The van der Waals surface area contributed by atoms with Crippen LogP contribution >= 0.6 is 11.6 Å². The minimum absolute atomic E-state index is 0.132. The number of hydrogen-bond acceptors (Lipinski definition) is 4. The van der Waals surface area contributed by atoms with E-state index in [1.54, 1.807) is 6.07 Å². The standard InChI is InChI=1S/C14H10ClN3O3/c15-13-17-10-4-5-21-12(10)11(18-13)9-3-1-2-8(6-9)7-16-14(19)20/h1-6,16H,7H2,(H,19,20). The zero-order chi connectivity index (χ0) is 14.8. The van der Waals surface area contributed by atoms with Crippen molar-refractivity contribution >= 4 is 28.8 Å². The Hall–Kier alpha value is -2.60. The Morgan fingerprint density at radius 2 is 2.19 bits per heavy atom. The third kappa shape index (κ3) is 2.80. The van der Waals surface area contributed by atoms with Crippen LogP contribution in [0.5, 0.6) is 0 Å². The van der Waals surface area contributed by atoms with Gasteiger partial charge >= 0.3 is 6.09 Å². The average Bonchev–Trinajstić information content (AvgIpc) is 2.92. The number of carboxylic acid groups (broad SMARTS) is 1. The van der Waals surface area contributed by atoms with Crippen molar-refractivity contribution < 1.29 is 14.3 Å². The van der Waals surface area contributed by atoms with E-state index in [2.05, 4.69) is 15.3 Å². The number of aromatic nitrogens is 2. The molecule has 0 unspecified atom stereocenters. The first-order chi connectivity index (χ1) is 10.1. The molecule has 2 N–H and O–H groups in total. The Morgan fingerprint density at radius 1 is 1.33 bits per heavy atom. The third-order valence-corrected chi connectivity index (χ3v) is 3.09. The predicted octanol–water partition coefficient (Wildman–Crippen LogP) is 3.31. The molecule has 21 heavy (non-hydrogen) atoms. The van der Waals surface area contributed by atoms with E-state index in [4.69, 9.17) is 21.1 Å².